The molecule has 0 spiro atoms. The van der Waals surface area contributed by atoms with Gasteiger partial charge < -0.3 is 24.6 Å². The average molecular weight is 861 g/mol. The van der Waals surface area contributed by atoms with Gasteiger partial charge in [-0.3, -0.25) is 0 Å². The van der Waals surface area contributed by atoms with Crippen LogP contribution in [0.2, 0.25) is 0 Å². The maximum absolute atomic E-state index is 12.2. The van der Waals surface area contributed by atoms with Crippen molar-refractivity contribution >= 4 is 52.0 Å². The van der Waals surface area contributed by atoms with Crippen LogP contribution in [0.4, 0.5) is 9.59 Å². The number of rotatable bonds is 11. The van der Waals surface area contributed by atoms with Gasteiger partial charge in [0, 0.05) is 48.9 Å². The van der Waals surface area contributed by atoms with Gasteiger partial charge in [0.05, 0.1) is 15.7 Å². The second kappa shape index (κ2) is 20.6. The first-order valence-electron chi connectivity index (χ1n) is 19.3. The maximum Gasteiger partial charge on any atom is 0.410 e. The third-order valence-corrected chi connectivity index (χ3v) is 16.2. The predicted molar refractivity (Wildman–Crippen MR) is 213 cm³/mol. The van der Waals surface area contributed by atoms with E-state index in [1.165, 1.54) is 4.90 Å². The molecule has 3 heterocycles. The van der Waals surface area contributed by atoms with Gasteiger partial charge in [0.2, 0.25) is 29.1 Å². The Balaban J connectivity index is 0.000000167. The van der Waals surface area contributed by atoms with E-state index in [9.17, 15) is 34.8 Å². The number of carbonyl (C=O) groups is 2. The fourth-order valence-electron chi connectivity index (χ4n) is 6.45. The SMILES string of the molecule is O=C(OCc1ccccc1)N1CCC(S(=O)(=O)Cl)CC1.O=C(OCc1ccccc1)N1CCC(S(=O)(=O)NC2CC2)CC1.O=S(=O)(NC1CC1)C1CCNCC1. The first-order valence-corrected chi connectivity index (χ1v) is 24.7. The van der Waals surface area contributed by atoms with Crippen molar-refractivity contribution in [3.05, 3.63) is 71.8 Å². The number of halogens is 1. The van der Waals surface area contributed by atoms with E-state index >= 15 is 0 Å². The number of hydrogen-bond acceptors (Lipinski definition) is 11. The molecule has 5 fully saturated rings. The molecule has 7 rings (SSSR count). The van der Waals surface area contributed by atoms with Crippen LogP contribution < -0.4 is 14.8 Å². The molecule has 0 unspecified atom stereocenters. The highest BCUT2D eigenvalue weighted by molar-refractivity contribution is 8.14. The van der Waals surface area contributed by atoms with Crippen LogP contribution in [-0.2, 0) is 51.8 Å². The highest BCUT2D eigenvalue weighted by Gasteiger charge is 2.36. The molecule has 0 radical (unpaired) electrons. The number of amides is 2. The normalized spacial score (nSPS) is 20.2. The Morgan fingerprint density at radius 2 is 0.929 bits per heavy atom. The van der Waals surface area contributed by atoms with E-state index in [0.717, 1.165) is 62.7 Å². The molecular formula is C37H54ClN5O10S3. The standard InChI is InChI=1S/C16H22N2O4S.C13H16ClNO4S.C8H16N2O2S/c19-16(22-12-13-4-2-1-3-5-13)18-10-8-15(9-11-18)23(20,21)17-14-6-7-14;14-20(17,18)12-6-8-15(9-7-12)13(16)19-10-11-4-2-1-3-5-11;11-13(12,10-7-1-2-7)8-3-5-9-6-4-8/h1-5,14-15,17H,6-12H2;1-5,12H,6-10H2;7-10H,1-6H2. The topological polar surface area (TPSA) is 198 Å². The fraction of sp³-hybridized carbons (Fsp3) is 0.622. The fourth-order valence-corrected chi connectivity index (χ4v) is 11.2. The molecule has 5 aliphatic rings. The summed E-state index contributed by atoms with van der Waals surface area (Å²) in [6, 6.07) is 19.3. The largest absolute Gasteiger partial charge is 0.445 e. The minimum atomic E-state index is -3.54. The minimum absolute atomic E-state index is 0.133. The minimum Gasteiger partial charge on any atom is -0.445 e. The van der Waals surface area contributed by atoms with Crippen LogP contribution in [0.25, 0.3) is 0 Å². The summed E-state index contributed by atoms with van der Waals surface area (Å²) in [5.74, 6) is 0. The molecule has 2 aliphatic carbocycles. The van der Waals surface area contributed by atoms with E-state index in [4.69, 9.17) is 20.2 Å². The van der Waals surface area contributed by atoms with Gasteiger partial charge in [-0.15, -0.1) is 0 Å². The summed E-state index contributed by atoms with van der Waals surface area (Å²) in [7, 11) is -4.48. The summed E-state index contributed by atoms with van der Waals surface area (Å²) >= 11 is 0. The van der Waals surface area contributed by atoms with Gasteiger partial charge in [-0.05, 0) is 88.4 Å². The van der Waals surface area contributed by atoms with Crippen molar-refractivity contribution in [1.82, 2.24) is 24.6 Å². The van der Waals surface area contributed by atoms with Crippen LogP contribution in [0.15, 0.2) is 60.7 Å². The lowest BCUT2D eigenvalue weighted by atomic mass is 10.1. The second-order valence-corrected chi connectivity index (χ2v) is 21.6. The summed E-state index contributed by atoms with van der Waals surface area (Å²) in [5, 5.41) is 2.04. The Morgan fingerprint density at radius 1 is 0.571 bits per heavy atom. The zero-order chi connectivity index (χ0) is 40.2. The second-order valence-electron chi connectivity index (χ2n) is 14.8. The molecule has 0 aromatic heterocycles. The van der Waals surface area contributed by atoms with Crippen LogP contribution in [0.5, 0.6) is 0 Å². The number of nitrogens with one attached hydrogen (secondary N) is 3. The van der Waals surface area contributed by atoms with Crippen molar-refractivity contribution in [3.8, 4) is 0 Å². The van der Waals surface area contributed by atoms with E-state index in [-0.39, 0.29) is 36.6 Å². The molecule has 2 amide bonds. The third kappa shape index (κ3) is 14.7. The summed E-state index contributed by atoms with van der Waals surface area (Å²) in [6.45, 7) is 3.66. The summed E-state index contributed by atoms with van der Waals surface area (Å²) in [6.07, 6.45) is 6.25. The number of sulfonamides is 2. The van der Waals surface area contributed by atoms with Crippen molar-refractivity contribution in [1.29, 1.82) is 0 Å². The van der Waals surface area contributed by atoms with Crippen LogP contribution in [0.1, 0.15) is 75.3 Å². The molecule has 3 N–H and O–H groups in total. The predicted octanol–water partition coefficient (Wildman–Crippen LogP) is 4.05. The molecular weight excluding hydrogens is 806 g/mol. The van der Waals surface area contributed by atoms with Gasteiger partial charge in [0.25, 0.3) is 0 Å². The number of nitrogens with zero attached hydrogens (tertiary/aromatic N) is 2. The van der Waals surface area contributed by atoms with E-state index in [0.29, 0.717) is 51.9 Å². The van der Waals surface area contributed by atoms with Gasteiger partial charge in [-0.2, -0.15) is 0 Å². The number of benzene rings is 2. The molecule has 15 nitrogen and oxygen atoms in total. The Bertz CT molecular complexity index is 1880. The Morgan fingerprint density at radius 3 is 1.29 bits per heavy atom. The summed E-state index contributed by atoms with van der Waals surface area (Å²) in [5.41, 5.74) is 1.85. The number of ether oxygens (including phenoxy) is 2. The van der Waals surface area contributed by atoms with Crippen LogP contribution in [0, 0.1) is 0 Å². The highest BCUT2D eigenvalue weighted by atomic mass is 35.7. The van der Waals surface area contributed by atoms with E-state index in [2.05, 4.69) is 14.8 Å². The number of likely N-dealkylation sites (tertiary alicyclic amines) is 2. The number of hydrogen-bond donors (Lipinski definition) is 3. The smallest absolute Gasteiger partial charge is 0.410 e. The van der Waals surface area contributed by atoms with Gasteiger partial charge in [-0.1, -0.05) is 60.7 Å². The summed E-state index contributed by atoms with van der Waals surface area (Å²) < 4.78 is 86.1. The van der Waals surface area contributed by atoms with Crippen LogP contribution in [-0.4, -0.2) is 114 Å². The van der Waals surface area contributed by atoms with E-state index in [1.54, 1.807) is 4.90 Å². The number of piperidine rings is 3. The van der Waals surface area contributed by atoms with Crippen molar-refractivity contribution in [2.24, 2.45) is 0 Å². The van der Waals surface area contributed by atoms with Crippen LogP contribution in [0.3, 0.4) is 0 Å². The highest BCUT2D eigenvalue weighted by Crippen LogP contribution is 2.25. The molecule has 0 bridgehead atoms. The first-order chi connectivity index (χ1) is 26.7. The molecule has 0 atom stereocenters. The third-order valence-electron chi connectivity index (χ3n) is 10.2. The van der Waals surface area contributed by atoms with Gasteiger partial charge in [0.1, 0.15) is 13.2 Å². The molecule has 56 heavy (non-hydrogen) atoms. The molecule has 2 saturated carbocycles. The Hall–Kier alpha value is -3.00. The molecule has 19 heteroatoms. The molecule has 3 aliphatic heterocycles. The lowest BCUT2D eigenvalue weighted by molar-refractivity contribution is 0.0891. The van der Waals surface area contributed by atoms with Crippen molar-refractivity contribution in [2.45, 2.75) is 105 Å². The van der Waals surface area contributed by atoms with E-state index in [1.807, 2.05) is 60.7 Å². The molecule has 312 valence electrons. The summed E-state index contributed by atoms with van der Waals surface area (Å²) in [4.78, 5) is 27.0. The molecule has 2 aromatic rings. The first kappa shape index (κ1) is 44.1. The molecule has 2 aromatic carbocycles. The van der Waals surface area contributed by atoms with Crippen molar-refractivity contribution in [2.75, 3.05) is 39.3 Å². The van der Waals surface area contributed by atoms with E-state index < -0.39 is 45.7 Å². The van der Waals surface area contributed by atoms with Gasteiger partial charge >= 0.3 is 12.2 Å². The zero-order valence-electron chi connectivity index (χ0n) is 31.5. The van der Waals surface area contributed by atoms with Gasteiger partial charge in [-0.25, -0.2) is 44.3 Å². The lowest BCUT2D eigenvalue weighted by Crippen LogP contribution is -2.46. The monoisotopic (exact) mass is 859 g/mol. The van der Waals surface area contributed by atoms with Crippen molar-refractivity contribution in [3.63, 3.8) is 0 Å². The quantitative estimate of drug-likeness (QED) is 0.276. The van der Waals surface area contributed by atoms with Gasteiger partial charge in [0.15, 0.2) is 0 Å². The Labute approximate surface area is 335 Å². The van der Waals surface area contributed by atoms with Crippen LogP contribution >= 0.6 is 10.7 Å². The maximum atomic E-state index is 12.2. The zero-order valence-corrected chi connectivity index (χ0v) is 34.7. The Kier molecular flexibility index (Phi) is 16.2. The molecule has 3 saturated heterocycles. The van der Waals surface area contributed by atoms with Crippen molar-refractivity contribution < 1.29 is 44.3 Å². The number of carbonyl (C=O) groups excluding carboxylic acids is 2. The average Bonchev–Trinajstić information content (AvgIpc) is 4.16. The lowest BCUT2D eigenvalue weighted by Gasteiger charge is -2.31.